The van der Waals surface area contributed by atoms with Gasteiger partial charge in [0.2, 0.25) is 0 Å². The summed E-state index contributed by atoms with van der Waals surface area (Å²) in [6.07, 6.45) is 0. The molecule has 0 bridgehead atoms. The fourth-order valence-corrected chi connectivity index (χ4v) is 11.6. The molecular weight excluding hydrogens is 803 g/mol. The molecule has 0 fully saturated rings. The van der Waals surface area contributed by atoms with Crippen molar-refractivity contribution >= 4 is 84.8 Å². The van der Waals surface area contributed by atoms with Gasteiger partial charge >= 0.3 is 0 Å². The van der Waals surface area contributed by atoms with Crippen molar-refractivity contribution in [3.63, 3.8) is 0 Å². The standard InChI is InChI=1S/C58H35N3S2/c1-2-14-36(15-3-1)58-59-49(35-50(60-58)46-20-6-11-23-53(46)61-51-21-9-4-16-42(51)43-17-5-10-22-52(43)61)41-31-39(37-26-28-56-47(33-37)44-18-7-12-24-54(44)62-56)30-40(32-41)38-27-29-57-48(34-38)45-19-8-13-25-55(45)63-57/h1-35H. The molecule has 4 heterocycles. The van der Waals surface area contributed by atoms with Gasteiger partial charge in [-0.15, -0.1) is 22.7 Å². The van der Waals surface area contributed by atoms with Crippen LogP contribution in [0.1, 0.15) is 0 Å². The lowest BCUT2D eigenvalue weighted by Crippen LogP contribution is -2.01. The minimum absolute atomic E-state index is 0.685. The largest absolute Gasteiger partial charge is 0.309 e. The summed E-state index contributed by atoms with van der Waals surface area (Å²) in [5.41, 5.74) is 12.8. The Morgan fingerprint density at radius 1 is 0.302 bits per heavy atom. The number of hydrogen-bond acceptors (Lipinski definition) is 4. The summed E-state index contributed by atoms with van der Waals surface area (Å²) in [7, 11) is 0. The molecule has 0 aliphatic rings. The highest BCUT2D eigenvalue weighted by atomic mass is 32.1. The van der Waals surface area contributed by atoms with Crippen LogP contribution in [0.5, 0.6) is 0 Å². The normalized spacial score (nSPS) is 11.8. The van der Waals surface area contributed by atoms with E-state index in [0.29, 0.717) is 5.82 Å². The average molecular weight is 838 g/mol. The Morgan fingerprint density at radius 2 is 0.778 bits per heavy atom. The molecule has 0 spiro atoms. The highest BCUT2D eigenvalue weighted by molar-refractivity contribution is 7.26. The predicted octanol–water partition coefficient (Wildman–Crippen LogP) is 16.6. The zero-order valence-corrected chi connectivity index (χ0v) is 35.5. The van der Waals surface area contributed by atoms with Crippen LogP contribution >= 0.6 is 22.7 Å². The highest BCUT2D eigenvalue weighted by Gasteiger charge is 2.19. The minimum Gasteiger partial charge on any atom is -0.309 e. The summed E-state index contributed by atoms with van der Waals surface area (Å²) in [5.74, 6) is 0.685. The molecule has 0 amide bonds. The zero-order chi connectivity index (χ0) is 41.4. The molecule has 0 aliphatic heterocycles. The molecule has 294 valence electrons. The summed E-state index contributed by atoms with van der Waals surface area (Å²) >= 11 is 3.70. The first kappa shape index (κ1) is 36.0. The van der Waals surface area contributed by atoms with E-state index in [-0.39, 0.29) is 0 Å². The van der Waals surface area contributed by atoms with Gasteiger partial charge in [0, 0.05) is 67.8 Å². The number of aromatic nitrogens is 3. The monoisotopic (exact) mass is 837 g/mol. The molecule has 0 saturated carbocycles. The fraction of sp³-hybridized carbons (Fsp3) is 0. The zero-order valence-electron chi connectivity index (χ0n) is 33.9. The molecule has 5 heteroatoms. The minimum atomic E-state index is 0.685. The van der Waals surface area contributed by atoms with Gasteiger partial charge in [0.15, 0.2) is 5.82 Å². The van der Waals surface area contributed by atoms with Crippen LogP contribution in [0.2, 0.25) is 0 Å². The Balaban J connectivity index is 1.06. The van der Waals surface area contributed by atoms with Crippen LogP contribution in [0.3, 0.4) is 0 Å². The third-order valence-electron chi connectivity index (χ3n) is 12.4. The topological polar surface area (TPSA) is 30.7 Å². The molecular formula is C58H35N3S2. The van der Waals surface area contributed by atoms with Gasteiger partial charge in [-0.2, -0.15) is 0 Å². The summed E-state index contributed by atoms with van der Waals surface area (Å²) in [4.78, 5) is 10.8. The molecule has 0 N–H and O–H groups in total. The van der Waals surface area contributed by atoms with E-state index in [1.807, 2.05) is 28.7 Å². The Labute approximate surface area is 371 Å². The van der Waals surface area contributed by atoms with Gasteiger partial charge in [-0.25, -0.2) is 9.97 Å². The van der Waals surface area contributed by atoms with Crippen LogP contribution < -0.4 is 0 Å². The van der Waals surface area contributed by atoms with E-state index in [9.17, 15) is 0 Å². The second kappa shape index (κ2) is 14.5. The Kier molecular flexibility index (Phi) is 8.26. The van der Waals surface area contributed by atoms with Crippen LogP contribution in [-0.2, 0) is 0 Å². The van der Waals surface area contributed by atoms with Gasteiger partial charge in [0.25, 0.3) is 0 Å². The van der Waals surface area contributed by atoms with E-state index in [1.54, 1.807) is 0 Å². The van der Waals surface area contributed by atoms with E-state index < -0.39 is 0 Å². The maximum Gasteiger partial charge on any atom is 0.160 e. The molecule has 0 saturated heterocycles. The number of para-hydroxylation sites is 3. The van der Waals surface area contributed by atoms with Gasteiger partial charge in [-0.05, 0) is 101 Å². The molecule has 0 unspecified atom stereocenters. The van der Waals surface area contributed by atoms with Crippen molar-refractivity contribution in [2.24, 2.45) is 0 Å². The number of nitrogens with zero attached hydrogens (tertiary/aromatic N) is 3. The number of rotatable bonds is 6. The van der Waals surface area contributed by atoms with Crippen LogP contribution in [0, 0.1) is 0 Å². The third kappa shape index (κ3) is 6.00. The maximum atomic E-state index is 5.41. The highest BCUT2D eigenvalue weighted by Crippen LogP contribution is 2.42. The molecule has 3 nitrogen and oxygen atoms in total. The summed E-state index contributed by atoms with van der Waals surface area (Å²) in [5, 5.41) is 7.60. The Bertz CT molecular complexity index is 3740. The third-order valence-corrected chi connectivity index (χ3v) is 14.7. The predicted molar refractivity (Wildman–Crippen MR) is 269 cm³/mol. The molecule has 9 aromatic carbocycles. The molecule has 4 aromatic heterocycles. The van der Waals surface area contributed by atoms with E-state index in [2.05, 4.69) is 211 Å². The van der Waals surface area contributed by atoms with Gasteiger partial charge < -0.3 is 4.57 Å². The molecule has 63 heavy (non-hydrogen) atoms. The number of thiophene rings is 2. The Morgan fingerprint density at radius 3 is 1.40 bits per heavy atom. The van der Waals surface area contributed by atoms with E-state index in [1.165, 1.54) is 62.2 Å². The number of hydrogen-bond donors (Lipinski definition) is 0. The van der Waals surface area contributed by atoms with Crippen molar-refractivity contribution in [3.8, 4) is 61.8 Å². The van der Waals surface area contributed by atoms with Crippen molar-refractivity contribution in [2.75, 3.05) is 0 Å². The average Bonchev–Trinajstić information content (AvgIpc) is 4.03. The second-order valence-electron chi connectivity index (χ2n) is 16.1. The summed E-state index contributed by atoms with van der Waals surface area (Å²) in [6.45, 7) is 0. The lowest BCUT2D eigenvalue weighted by molar-refractivity contribution is 1.15. The SMILES string of the molecule is c1ccc(-c2nc(-c3cc(-c4ccc5sc6ccccc6c5c4)cc(-c4ccc5sc6ccccc6c5c4)c3)cc(-c3ccccc3-n3c4ccccc4c4ccccc43)n2)cc1. The second-order valence-corrected chi connectivity index (χ2v) is 18.3. The summed E-state index contributed by atoms with van der Waals surface area (Å²) in [6, 6.07) is 76.9. The van der Waals surface area contributed by atoms with E-state index in [4.69, 9.17) is 9.97 Å². The van der Waals surface area contributed by atoms with Crippen LogP contribution in [0.4, 0.5) is 0 Å². The van der Waals surface area contributed by atoms with Crippen LogP contribution in [-0.4, -0.2) is 14.5 Å². The van der Waals surface area contributed by atoms with Crippen LogP contribution in [0.25, 0.3) is 124 Å². The van der Waals surface area contributed by atoms with Gasteiger partial charge in [0.1, 0.15) is 0 Å². The molecule has 0 atom stereocenters. The van der Waals surface area contributed by atoms with Gasteiger partial charge in [-0.1, -0.05) is 133 Å². The first-order valence-corrected chi connectivity index (χ1v) is 22.8. The number of benzene rings is 9. The lowest BCUT2D eigenvalue weighted by Gasteiger charge is -2.16. The molecule has 0 radical (unpaired) electrons. The quantitative estimate of drug-likeness (QED) is 0.167. The van der Waals surface area contributed by atoms with Gasteiger partial charge in [-0.3, -0.25) is 0 Å². The van der Waals surface area contributed by atoms with Crippen LogP contribution in [0.15, 0.2) is 212 Å². The first-order valence-electron chi connectivity index (χ1n) is 21.2. The first-order chi connectivity index (χ1) is 31.2. The van der Waals surface area contributed by atoms with Crippen molar-refractivity contribution in [2.45, 2.75) is 0 Å². The fourth-order valence-electron chi connectivity index (χ4n) is 9.44. The van der Waals surface area contributed by atoms with E-state index in [0.717, 1.165) is 55.9 Å². The molecule has 0 aliphatic carbocycles. The van der Waals surface area contributed by atoms with Crippen molar-refractivity contribution in [1.82, 2.24) is 14.5 Å². The van der Waals surface area contributed by atoms with Crippen molar-refractivity contribution in [1.29, 1.82) is 0 Å². The number of fused-ring (bicyclic) bond motifs is 9. The van der Waals surface area contributed by atoms with Gasteiger partial charge in [0.05, 0.1) is 28.1 Å². The molecule has 13 aromatic rings. The van der Waals surface area contributed by atoms with Crippen molar-refractivity contribution < 1.29 is 0 Å². The maximum absolute atomic E-state index is 5.41. The Hall–Kier alpha value is -7.70. The smallest absolute Gasteiger partial charge is 0.160 e. The van der Waals surface area contributed by atoms with E-state index >= 15 is 0 Å². The molecule has 13 rings (SSSR count). The lowest BCUT2D eigenvalue weighted by atomic mass is 9.93. The van der Waals surface area contributed by atoms with Crippen molar-refractivity contribution in [3.05, 3.63) is 212 Å². The summed E-state index contributed by atoms with van der Waals surface area (Å²) < 4.78 is 7.58.